The molecule has 0 bridgehead atoms. The van der Waals surface area contributed by atoms with Crippen LogP contribution in [0.15, 0.2) is 91.3 Å². The van der Waals surface area contributed by atoms with Gasteiger partial charge in [0.1, 0.15) is 5.75 Å². The Hall–Kier alpha value is -3.72. The fourth-order valence-electron chi connectivity index (χ4n) is 6.66. The Morgan fingerprint density at radius 3 is 2.34 bits per heavy atom. The van der Waals surface area contributed by atoms with Crippen LogP contribution in [0.5, 0.6) is 5.75 Å². The predicted molar refractivity (Wildman–Crippen MR) is 207 cm³/mol. The largest absolute Gasteiger partial charge is 0.543 e. The number of carbonyl (C=O) groups is 1. The zero-order chi connectivity index (χ0) is 35.9. The van der Waals surface area contributed by atoms with Crippen LogP contribution in [-0.2, 0) is 22.6 Å². The van der Waals surface area contributed by atoms with E-state index in [2.05, 4.69) is 148 Å². The zero-order valence-electron chi connectivity index (χ0n) is 31.6. The number of piperazine rings is 1. The molecule has 0 unspecified atom stereocenters. The topological polar surface area (TPSA) is 59.8 Å². The van der Waals surface area contributed by atoms with Crippen molar-refractivity contribution >= 4 is 14.3 Å². The molecule has 3 aromatic carbocycles. The van der Waals surface area contributed by atoms with Crippen molar-refractivity contribution < 1.29 is 14.0 Å². The number of carbonyl (C=O) groups excluding carboxylic acids is 1. The Morgan fingerprint density at radius 2 is 1.64 bits per heavy atom. The van der Waals surface area contributed by atoms with Gasteiger partial charge in [0.05, 0.1) is 18.8 Å². The average molecular weight is 695 g/mol. The van der Waals surface area contributed by atoms with Crippen LogP contribution in [-0.4, -0.2) is 65.6 Å². The first-order chi connectivity index (χ1) is 23.8. The summed E-state index contributed by atoms with van der Waals surface area (Å²) in [5.74, 6) is 0.841. The first-order valence-corrected chi connectivity index (χ1v) is 21.4. The number of unbranched alkanes of at least 4 members (excludes halogenated alkanes) is 1. The molecule has 0 saturated carbocycles. The zero-order valence-corrected chi connectivity index (χ0v) is 32.6. The van der Waals surface area contributed by atoms with Gasteiger partial charge < -0.3 is 9.16 Å². The van der Waals surface area contributed by atoms with Crippen molar-refractivity contribution in [2.45, 2.75) is 110 Å². The maximum absolute atomic E-state index is 11.7. The summed E-state index contributed by atoms with van der Waals surface area (Å²) < 4.78 is 13.9. The van der Waals surface area contributed by atoms with Gasteiger partial charge in [-0.25, -0.2) is 0 Å². The van der Waals surface area contributed by atoms with Gasteiger partial charge in [-0.3, -0.25) is 19.3 Å². The Morgan fingerprint density at radius 1 is 0.900 bits per heavy atom. The van der Waals surface area contributed by atoms with Gasteiger partial charge >= 0.3 is 5.97 Å². The molecule has 1 aliphatic rings. The molecule has 0 aliphatic carbocycles. The molecule has 0 radical (unpaired) electrons. The number of rotatable bonds is 14. The number of nitrogens with zero attached hydrogens (tertiary/aromatic N) is 4. The molecule has 50 heavy (non-hydrogen) atoms. The van der Waals surface area contributed by atoms with Crippen LogP contribution in [0.2, 0.25) is 18.1 Å². The quantitative estimate of drug-likeness (QED) is 0.0745. The lowest BCUT2D eigenvalue weighted by molar-refractivity contribution is -0.143. The maximum Gasteiger partial charge on any atom is 0.305 e. The summed E-state index contributed by atoms with van der Waals surface area (Å²) in [7, 11) is -2.00. The average Bonchev–Trinajstić information content (AvgIpc) is 3.55. The molecule has 0 amide bonds. The minimum atomic E-state index is -2.00. The predicted octanol–water partition coefficient (Wildman–Crippen LogP) is 9.35. The first kappa shape index (κ1) is 37.5. The SMILES string of the molecule is CCOC(=O)CCCCn1cc(-c2ccc([C@H](c3cccc(O[Si](C)(C)C(C)(C)C)c3)N3C[C@@H](C)N(Cc4ccccc4)C[C@@H]3C)cc2)cn1. The molecule has 7 nitrogen and oxygen atoms in total. The van der Waals surface area contributed by atoms with E-state index in [1.165, 1.54) is 16.7 Å². The first-order valence-electron chi connectivity index (χ1n) is 18.5. The van der Waals surface area contributed by atoms with Crippen LogP contribution in [0, 0.1) is 0 Å². The molecule has 4 aromatic rings. The third-order valence-electron chi connectivity index (χ3n) is 10.6. The van der Waals surface area contributed by atoms with E-state index >= 15 is 0 Å². The highest BCUT2D eigenvalue weighted by atomic mass is 28.4. The lowest BCUT2D eigenvalue weighted by Crippen LogP contribution is -2.56. The third kappa shape index (κ3) is 9.53. The second kappa shape index (κ2) is 16.5. The normalized spacial score (nSPS) is 18.2. The van der Waals surface area contributed by atoms with E-state index in [4.69, 9.17) is 9.16 Å². The minimum absolute atomic E-state index is 0.0884. The molecule has 8 heteroatoms. The molecule has 2 heterocycles. The molecule has 1 aromatic heterocycles. The van der Waals surface area contributed by atoms with E-state index in [1.807, 2.05) is 17.8 Å². The molecule has 5 rings (SSSR count). The summed E-state index contributed by atoms with van der Waals surface area (Å²) in [5.41, 5.74) is 6.15. The molecule has 0 spiro atoms. The third-order valence-corrected chi connectivity index (χ3v) is 15.0. The lowest BCUT2D eigenvalue weighted by Gasteiger charge is -2.48. The van der Waals surface area contributed by atoms with Crippen molar-refractivity contribution in [2.75, 3.05) is 19.7 Å². The molecule has 1 fully saturated rings. The van der Waals surface area contributed by atoms with Crippen LogP contribution in [0.3, 0.4) is 0 Å². The number of ether oxygens (including phenoxy) is 1. The second-order valence-corrected chi connectivity index (χ2v) is 20.2. The van der Waals surface area contributed by atoms with Crippen LogP contribution >= 0.6 is 0 Å². The summed E-state index contributed by atoms with van der Waals surface area (Å²) in [6.45, 7) is 22.2. The fraction of sp³-hybridized carbons (Fsp3) is 0.476. The van der Waals surface area contributed by atoms with Crippen LogP contribution in [0.25, 0.3) is 11.1 Å². The second-order valence-electron chi connectivity index (χ2n) is 15.5. The summed E-state index contributed by atoms with van der Waals surface area (Å²) in [6, 6.07) is 29.6. The molecule has 268 valence electrons. The van der Waals surface area contributed by atoms with Crippen molar-refractivity contribution in [3.05, 3.63) is 108 Å². The van der Waals surface area contributed by atoms with Crippen LogP contribution in [0.4, 0.5) is 0 Å². The highest BCUT2D eigenvalue weighted by Crippen LogP contribution is 2.40. The van der Waals surface area contributed by atoms with E-state index < -0.39 is 8.32 Å². The Labute approximate surface area is 301 Å². The fourth-order valence-corrected chi connectivity index (χ4v) is 7.69. The minimum Gasteiger partial charge on any atom is -0.543 e. The van der Waals surface area contributed by atoms with Gasteiger partial charge in [-0.05, 0) is 86.1 Å². The van der Waals surface area contributed by atoms with Gasteiger partial charge in [0.25, 0.3) is 0 Å². The Bertz CT molecular complexity index is 1660. The number of hydrogen-bond donors (Lipinski definition) is 0. The number of benzene rings is 3. The van der Waals surface area contributed by atoms with E-state index in [-0.39, 0.29) is 17.0 Å². The van der Waals surface area contributed by atoms with Crippen molar-refractivity contribution in [3.63, 3.8) is 0 Å². The number of hydrogen-bond acceptors (Lipinski definition) is 6. The van der Waals surface area contributed by atoms with Gasteiger partial charge in [0, 0.05) is 56.4 Å². The van der Waals surface area contributed by atoms with E-state index in [9.17, 15) is 4.79 Å². The van der Waals surface area contributed by atoms with E-state index in [0.717, 1.165) is 55.9 Å². The molecule has 3 atom stereocenters. The number of esters is 1. The summed E-state index contributed by atoms with van der Waals surface area (Å²) in [6.07, 6.45) is 6.18. The van der Waals surface area contributed by atoms with Gasteiger partial charge in [0.15, 0.2) is 0 Å². The number of aryl methyl sites for hydroxylation is 1. The standard InChI is InChI=1S/C42H58N4O3Si/c1-9-48-40(47)20-13-14-25-45-31-38(27-43-45)35-21-23-36(24-22-35)41(37-18-15-19-39(26-37)49-50(7,8)42(4,5)6)46-29-32(2)44(28-33(46)3)30-34-16-11-10-12-17-34/h10-12,15-19,21-24,26-27,31-33,41H,9,13-14,20,25,28-30H2,1-8H3/t32-,33+,41-/m1/s1. The molecule has 1 aliphatic heterocycles. The summed E-state index contributed by atoms with van der Waals surface area (Å²) in [5, 5.41) is 4.73. The smallest absolute Gasteiger partial charge is 0.305 e. The van der Waals surface area contributed by atoms with Crippen molar-refractivity contribution in [2.24, 2.45) is 0 Å². The molecular weight excluding hydrogens is 637 g/mol. The van der Waals surface area contributed by atoms with Crippen molar-refractivity contribution in [1.82, 2.24) is 19.6 Å². The molecular formula is C42H58N4O3Si. The molecule has 1 saturated heterocycles. The Kier molecular flexibility index (Phi) is 12.4. The lowest BCUT2D eigenvalue weighted by atomic mass is 9.92. The van der Waals surface area contributed by atoms with Crippen LogP contribution in [0.1, 0.15) is 83.5 Å². The van der Waals surface area contributed by atoms with Crippen LogP contribution < -0.4 is 4.43 Å². The van der Waals surface area contributed by atoms with E-state index in [1.54, 1.807) is 0 Å². The maximum atomic E-state index is 11.7. The number of aromatic nitrogens is 2. The highest BCUT2D eigenvalue weighted by Gasteiger charge is 2.39. The van der Waals surface area contributed by atoms with Crippen molar-refractivity contribution in [3.8, 4) is 16.9 Å². The van der Waals surface area contributed by atoms with E-state index in [0.29, 0.717) is 25.1 Å². The van der Waals surface area contributed by atoms with Gasteiger partial charge in [-0.1, -0.05) is 87.5 Å². The van der Waals surface area contributed by atoms with Gasteiger partial charge in [-0.15, -0.1) is 0 Å². The van der Waals surface area contributed by atoms with Crippen molar-refractivity contribution in [1.29, 1.82) is 0 Å². The highest BCUT2D eigenvalue weighted by molar-refractivity contribution is 6.74. The summed E-state index contributed by atoms with van der Waals surface area (Å²) in [4.78, 5) is 17.0. The van der Waals surface area contributed by atoms with Gasteiger partial charge in [0.2, 0.25) is 8.32 Å². The summed E-state index contributed by atoms with van der Waals surface area (Å²) >= 11 is 0. The monoisotopic (exact) mass is 694 g/mol. The Balaban J connectivity index is 1.38. The molecule has 0 N–H and O–H groups in total. The van der Waals surface area contributed by atoms with Gasteiger partial charge in [-0.2, -0.15) is 5.10 Å².